The number of thiocarbonyl (C=S) groups is 1. The Bertz CT molecular complexity index is 236. The Labute approximate surface area is 108 Å². The number of nitrogens with one attached hydrogen (secondary N) is 3. The van der Waals surface area contributed by atoms with Gasteiger partial charge in [0.15, 0.2) is 5.11 Å². The fourth-order valence-corrected chi connectivity index (χ4v) is 1.19. The fourth-order valence-electron chi connectivity index (χ4n) is 0.985. The summed E-state index contributed by atoms with van der Waals surface area (Å²) in [5, 5.41) is 9.37. The highest BCUT2D eigenvalue weighted by molar-refractivity contribution is 7.80. The van der Waals surface area contributed by atoms with E-state index < -0.39 is 0 Å². The molecule has 0 aliphatic carbocycles. The van der Waals surface area contributed by atoms with Crippen molar-refractivity contribution in [2.45, 2.75) is 6.42 Å². The van der Waals surface area contributed by atoms with Crippen molar-refractivity contribution in [2.75, 3.05) is 47.4 Å². The Morgan fingerprint density at radius 2 is 1.76 bits per heavy atom. The number of carbonyl (C=O) groups is 1. The minimum absolute atomic E-state index is 0.106. The molecule has 0 spiro atoms. The van der Waals surface area contributed by atoms with E-state index in [9.17, 15) is 4.79 Å². The number of urea groups is 1. The van der Waals surface area contributed by atoms with E-state index in [1.54, 1.807) is 21.2 Å². The van der Waals surface area contributed by atoms with Crippen molar-refractivity contribution in [2.24, 2.45) is 0 Å². The predicted molar refractivity (Wildman–Crippen MR) is 72.2 cm³/mol. The summed E-state index contributed by atoms with van der Waals surface area (Å²) in [6.07, 6.45) is 0.912. The molecule has 100 valence electrons. The monoisotopic (exact) mass is 262 g/mol. The van der Waals surface area contributed by atoms with E-state index in [0.717, 1.165) is 13.0 Å². The molecule has 0 heterocycles. The molecular formula is C10H22N4O2S. The van der Waals surface area contributed by atoms with Gasteiger partial charge in [0.05, 0.1) is 0 Å². The van der Waals surface area contributed by atoms with Gasteiger partial charge in [-0.2, -0.15) is 0 Å². The maximum absolute atomic E-state index is 11.2. The first-order valence-corrected chi connectivity index (χ1v) is 5.94. The van der Waals surface area contributed by atoms with Gasteiger partial charge in [0.25, 0.3) is 0 Å². The Morgan fingerprint density at radius 1 is 1.18 bits per heavy atom. The van der Waals surface area contributed by atoms with Gasteiger partial charge in [0.1, 0.15) is 0 Å². The van der Waals surface area contributed by atoms with Gasteiger partial charge < -0.3 is 25.6 Å². The van der Waals surface area contributed by atoms with E-state index in [4.69, 9.17) is 17.0 Å². The van der Waals surface area contributed by atoms with Crippen LogP contribution in [-0.2, 0) is 4.74 Å². The van der Waals surface area contributed by atoms with Crippen LogP contribution in [0.2, 0.25) is 0 Å². The number of nitrogens with zero attached hydrogens (tertiary/aromatic N) is 1. The van der Waals surface area contributed by atoms with Crippen LogP contribution in [0, 0.1) is 0 Å². The van der Waals surface area contributed by atoms with Crippen molar-refractivity contribution in [3.63, 3.8) is 0 Å². The van der Waals surface area contributed by atoms with Gasteiger partial charge in [-0.25, -0.2) is 4.79 Å². The molecule has 0 bridgehead atoms. The Balaban J connectivity index is 3.36. The fraction of sp³-hybridized carbons (Fsp3) is 0.800. The summed E-state index contributed by atoms with van der Waals surface area (Å²) in [4.78, 5) is 12.6. The van der Waals surface area contributed by atoms with Crippen molar-refractivity contribution in [3.8, 4) is 0 Å². The van der Waals surface area contributed by atoms with E-state index in [1.165, 1.54) is 4.90 Å². The second-order valence-electron chi connectivity index (χ2n) is 3.66. The molecule has 6 nitrogen and oxygen atoms in total. The minimum atomic E-state index is -0.106. The molecule has 0 saturated carbocycles. The molecule has 0 unspecified atom stereocenters. The largest absolute Gasteiger partial charge is 0.385 e. The lowest BCUT2D eigenvalue weighted by Crippen LogP contribution is -2.42. The zero-order valence-corrected chi connectivity index (χ0v) is 11.5. The number of methoxy groups -OCH3 is 1. The Hall–Kier alpha value is -1.08. The smallest absolute Gasteiger partial charge is 0.316 e. The van der Waals surface area contributed by atoms with Gasteiger partial charge in [-0.15, -0.1) is 0 Å². The van der Waals surface area contributed by atoms with E-state index in [2.05, 4.69) is 16.0 Å². The Morgan fingerprint density at radius 3 is 2.35 bits per heavy atom. The van der Waals surface area contributed by atoms with Crippen molar-refractivity contribution >= 4 is 23.4 Å². The summed E-state index contributed by atoms with van der Waals surface area (Å²) in [7, 11) is 5.07. The molecule has 0 aliphatic heterocycles. The van der Waals surface area contributed by atoms with E-state index in [1.807, 2.05) is 0 Å². The zero-order valence-electron chi connectivity index (χ0n) is 10.7. The lowest BCUT2D eigenvalue weighted by molar-refractivity contribution is 0.195. The average Bonchev–Trinajstić information content (AvgIpc) is 2.29. The second kappa shape index (κ2) is 10.1. The topological polar surface area (TPSA) is 65.6 Å². The number of amides is 2. The standard InChI is InChI=1S/C10H22N4O2S/c1-14(2)10(15)13-7-6-12-9(17)11-5-4-8-16-3/h4-8H2,1-3H3,(H,13,15)(H2,11,12,17). The van der Waals surface area contributed by atoms with Crippen LogP contribution in [0.5, 0.6) is 0 Å². The average molecular weight is 262 g/mol. The summed E-state index contributed by atoms with van der Waals surface area (Å²) in [5.41, 5.74) is 0. The van der Waals surface area contributed by atoms with Gasteiger partial charge >= 0.3 is 6.03 Å². The van der Waals surface area contributed by atoms with Gasteiger partial charge in [0.2, 0.25) is 0 Å². The van der Waals surface area contributed by atoms with Crippen LogP contribution in [0.3, 0.4) is 0 Å². The first kappa shape index (κ1) is 15.9. The molecule has 0 aromatic heterocycles. The highest BCUT2D eigenvalue weighted by Crippen LogP contribution is 1.78. The molecule has 2 amide bonds. The van der Waals surface area contributed by atoms with E-state index in [-0.39, 0.29) is 6.03 Å². The first-order valence-electron chi connectivity index (χ1n) is 5.53. The summed E-state index contributed by atoms with van der Waals surface area (Å²) in [5.74, 6) is 0. The maximum Gasteiger partial charge on any atom is 0.316 e. The van der Waals surface area contributed by atoms with Crippen LogP contribution in [0.15, 0.2) is 0 Å². The molecule has 3 N–H and O–H groups in total. The van der Waals surface area contributed by atoms with Crippen molar-refractivity contribution < 1.29 is 9.53 Å². The van der Waals surface area contributed by atoms with Crippen LogP contribution in [-0.4, -0.2) is 63.5 Å². The van der Waals surface area contributed by atoms with Gasteiger partial charge in [0, 0.05) is 47.4 Å². The zero-order chi connectivity index (χ0) is 13.1. The lowest BCUT2D eigenvalue weighted by Gasteiger charge is -2.13. The summed E-state index contributed by atoms with van der Waals surface area (Å²) >= 11 is 5.05. The Kier molecular flexibility index (Phi) is 9.46. The number of carbonyl (C=O) groups excluding carboxylic acids is 1. The molecule has 0 aromatic rings. The van der Waals surface area contributed by atoms with Crippen LogP contribution in [0.1, 0.15) is 6.42 Å². The number of rotatable bonds is 7. The molecule has 0 atom stereocenters. The van der Waals surface area contributed by atoms with Crippen molar-refractivity contribution in [3.05, 3.63) is 0 Å². The molecule has 17 heavy (non-hydrogen) atoms. The summed E-state index contributed by atoms with van der Waals surface area (Å²) < 4.78 is 4.92. The second-order valence-corrected chi connectivity index (χ2v) is 4.06. The van der Waals surface area contributed by atoms with Gasteiger partial charge in [-0.3, -0.25) is 0 Å². The van der Waals surface area contributed by atoms with E-state index in [0.29, 0.717) is 24.8 Å². The molecule has 0 aromatic carbocycles. The van der Waals surface area contributed by atoms with Crippen LogP contribution >= 0.6 is 12.2 Å². The van der Waals surface area contributed by atoms with Crippen LogP contribution < -0.4 is 16.0 Å². The van der Waals surface area contributed by atoms with Crippen LogP contribution in [0.25, 0.3) is 0 Å². The summed E-state index contributed by atoms with van der Waals surface area (Å²) in [6, 6.07) is -0.106. The molecule has 0 saturated heterocycles. The predicted octanol–water partition coefficient (Wildman–Crippen LogP) is -0.242. The van der Waals surface area contributed by atoms with Crippen molar-refractivity contribution in [1.82, 2.24) is 20.9 Å². The third-order valence-electron chi connectivity index (χ3n) is 1.90. The normalized spacial score (nSPS) is 9.59. The molecule has 0 rings (SSSR count). The van der Waals surface area contributed by atoms with E-state index >= 15 is 0 Å². The van der Waals surface area contributed by atoms with Crippen LogP contribution in [0.4, 0.5) is 4.79 Å². The molecule has 0 radical (unpaired) electrons. The van der Waals surface area contributed by atoms with Crippen molar-refractivity contribution in [1.29, 1.82) is 0 Å². The lowest BCUT2D eigenvalue weighted by atomic mass is 10.4. The summed E-state index contributed by atoms with van der Waals surface area (Å²) in [6.45, 7) is 2.64. The first-order chi connectivity index (χ1) is 8.07. The SMILES string of the molecule is COCCCNC(=S)NCCNC(=O)N(C)C. The van der Waals surface area contributed by atoms with Gasteiger partial charge in [-0.1, -0.05) is 0 Å². The number of hydrogen-bond donors (Lipinski definition) is 3. The third-order valence-corrected chi connectivity index (χ3v) is 2.19. The molecule has 0 aliphatic rings. The van der Waals surface area contributed by atoms with Gasteiger partial charge in [-0.05, 0) is 18.6 Å². The maximum atomic E-state index is 11.2. The third kappa shape index (κ3) is 9.83. The highest BCUT2D eigenvalue weighted by atomic mass is 32.1. The molecule has 7 heteroatoms. The quantitative estimate of drug-likeness (QED) is 0.436. The molecular weight excluding hydrogens is 240 g/mol. The highest BCUT2D eigenvalue weighted by Gasteiger charge is 2.00. The molecule has 0 fully saturated rings. The number of ether oxygens (including phenoxy) is 1. The number of hydrogen-bond acceptors (Lipinski definition) is 3. The minimum Gasteiger partial charge on any atom is -0.385 e.